The molecule has 2 N–H and O–H groups in total. The third kappa shape index (κ3) is 3.91. The summed E-state index contributed by atoms with van der Waals surface area (Å²) < 4.78 is 0. The molecule has 3 nitrogen and oxygen atoms in total. The first kappa shape index (κ1) is 12.0. The van der Waals surface area contributed by atoms with Crippen LogP contribution in [0, 0.1) is 5.92 Å². The summed E-state index contributed by atoms with van der Waals surface area (Å²) in [5, 5.41) is 0. The first-order valence-electron chi connectivity index (χ1n) is 4.92. The van der Waals surface area contributed by atoms with Crippen molar-refractivity contribution in [2.75, 3.05) is 17.2 Å². The maximum Gasteiger partial charge on any atom is 0.176 e. The second kappa shape index (κ2) is 5.75. The van der Waals surface area contributed by atoms with Gasteiger partial charge in [-0.25, -0.2) is 4.98 Å². The van der Waals surface area contributed by atoms with Crippen LogP contribution in [0.1, 0.15) is 24.2 Å². The number of nitrogen functional groups attached to an aromatic ring is 1. The number of nitrogens with two attached hydrogens (primary N) is 1. The topological polar surface area (TPSA) is 56.0 Å². The number of carbonyl (C=O) groups excluding carboxylic acids is 1. The first-order valence-corrected chi connectivity index (χ1v) is 6.08. The summed E-state index contributed by atoms with van der Waals surface area (Å²) in [7, 11) is 0. The van der Waals surface area contributed by atoms with Crippen LogP contribution in [0.25, 0.3) is 0 Å². The van der Waals surface area contributed by atoms with Crippen molar-refractivity contribution in [3.63, 3.8) is 0 Å². The van der Waals surface area contributed by atoms with Gasteiger partial charge in [0.05, 0.1) is 11.3 Å². The molecule has 0 aromatic carbocycles. The van der Waals surface area contributed by atoms with Gasteiger partial charge in [0.25, 0.3) is 0 Å². The third-order valence-corrected chi connectivity index (χ3v) is 3.19. The number of nitrogens with zero attached hydrogens (tertiary/aromatic N) is 1. The Hall–Kier alpha value is -1.03. The van der Waals surface area contributed by atoms with Gasteiger partial charge in [-0.3, -0.25) is 4.79 Å². The highest BCUT2D eigenvalue weighted by molar-refractivity contribution is 7.99. The number of pyridine rings is 1. The van der Waals surface area contributed by atoms with Gasteiger partial charge < -0.3 is 5.73 Å². The summed E-state index contributed by atoms with van der Waals surface area (Å²) in [4.78, 5) is 15.6. The van der Waals surface area contributed by atoms with Gasteiger partial charge in [0.15, 0.2) is 5.78 Å². The van der Waals surface area contributed by atoms with Gasteiger partial charge in [-0.2, -0.15) is 11.8 Å². The van der Waals surface area contributed by atoms with Crippen LogP contribution in [0.5, 0.6) is 0 Å². The number of Topliss-reactive ketones (excluding diaryl/α,β-unsaturated/α-hetero) is 1. The van der Waals surface area contributed by atoms with Gasteiger partial charge in [-0.1, -0.05) is 13.8 Å². The van der Waals surface area contributed by atoms with Crippen molar-refractivity contribution in [3.05, 3.63) is 23.9 Å². The molecular formula is C11H16N2OS. The second-order valence-electron chi connectivity index (χ2n) is 3.77. The zero-order valence-corrected chi connectivity index (χ0v) is 9.88. The zero-order chi connectivity index (χ0) is 11.3. The molecule has 1 heterocycles. The van der Waals surface area contributed by atoms with E-state index in [0.717, 1.165) is 5.75 Å². The predicted molar refractivity (Wildman–Crippen MR) is 65.1 cm³/mol. The van der Waals surface area contributed by atoms with E-state index in [0.29, 0.717) is 23.1 Å². The average Bonchev–Trinajstić information content (AvgIpc) is 2.17. The third-order valence-electron chi connectivity index (χ3n) is 1.82. The van der Waals surface area contributed by atoms with Crippen LogP contribution in [-0.2, 0) is 0 Å². The minimum atomic E-state index is 0.0613. The molecule has 15 heavy (non-hydrogen) atoms. The fourth-order valence-corrected chi connectivity index (χ4v) is 2.05. The monoisotopic (exact) mass is 224 g/mol. The Kier molecular flexibility index (Phi) is 4.62. The molecule has 0 saturated heterocycles. The van der Waals surface area contributed by atoms with Crippen molar-refractivity contribution in [1.82, 2.24) is 4.98 Å². The van der Waals surface area contributed by atoms with E-state index in [9.17, 15) is 4.79 Å². The lowest BCUT2D eigenvalue weighted by atomic mass is 10.2. The van der Waals surface area contributed by atoms with Gasteiger partial charge in [0.1, 0.15) is 5.82 Å². The lowest BCUT2D eigenvalue weighted by Gasteiger charge is -2.05. The summed E-state index contributed by atoms with van der Waals surface area (Å²) in [6, 6.07) is 3.46. The molecule has 1 aromatic rings. The number of thioether (sulfide) groups is 1. The lowest BCUT2D eigenvalue weighted by molar-refractivity contribution is 0.102. The van der Waals surface area contributed by atoms with Crippen LogP contribution in [-0.4, -0.2) is 22.3 Å². The normalized spacial score (nSPS) is 10.6. The Morgan fingerprint density at radius 2 is 2.33 bits per heavy atom. The lowest BCUT2D eigenvalue weighted by Crippen LogP contribution is -2.08. The van der Waals surface area contributed by atoms with Crippen molar-refractivity contribution in [2.45, 2.75) is 13.8 Å². The molecule has 82 valence electrons. The van der Waals surface area contributed by atoms with E-state index >= 15 is 0 Å². The summed E-state index contributed by atoms with van der Waals surface area (Å²) in [5.74, 6) is 2.47. The molecule has 0 spiro atoms. The number of rotatable bonds is 5. The number of hydrogen-bond acceptors (Lipinski definition) is 4. The SMILES string of the molecule is CC(C)CSCC(=O)c1cccnc1N. The molecular weight excluding hydrogens is 208 g/mol. The van der Waals surface area contributed by atoms with E-state index in [1.165, 1.54) is 0 Å². The smallest absolute Gasteiger partial charge is 0.176 e. The minimum Gasteiger partial charge on any atom is -0.383 e. The zero-order valence-electron chi connectivity index (χ0n) is 9.06. The quantitative estimate of drug-likeness (QED) is 0.779. The highest BCUT2D eigenvalue weighted by atomic mass is 32.2. The van der Waals surface area contributed by atoms with Crippen LogP contribution in [0.15, 0.2) is 18.3 Å². The molecule has 0 radical (unpaired) electrons. The van der Waals surface area contributed by atoms with E-state index in [1.54, 1.807) is 30.1 Å². The van der Waals surface area contributed by atoms with Crippen molar-refractivity contribution in [2.24, 2.45) is 5.92 Å². The van der Waals surface area contributed by atoms with Crippen molar-refractivity contribution in [3.8, 4) is 0 Å². The van der Waals surface area contributed by atoms with Crippen LogP contribution in [0.4, 0.5) is 5.82 Å². The molecule has 0 fully saturated rings. The number of hydrogen-bond donors (Lipinski definition) is 1. The number of anilines is 1. The maximum atomic E-state index is 11.7. The Morgan fingerprint density at radius 3 is 2.93 bits per heavy atom. The summed E-state index contributed by atoms with van der Waals surface area (Å²) >= 11 is 1.64. The molecule has 1 aromatic heterocycles. The molecule has 0 atom stereocenters. The Bertz CT molecular complexity index is 339. The van der Waals surface area contributed by atoms with Crippen LogP contribution < -0.4 is 5.73 Å². The van der Waals surface area contributed by atoms with E-state index < -0.39 is 0 Å². The maximum absolute atomic E-state index is 11.7. The molecule has 0 saturated carbocycles. The molecule has 0 aliphatic carbocycles. The number of aromatic nitrogens is 1. The van der Waals surface area contributed by atoms with Crippen LogP contribution in [0.2, 0.25) is 0 Å². The summed E-state index contributed by atoms with van der Waals surface area (Å²) in [6.07, 6.45) is 1.59. The largest absolute Gasteiger partial charge is 0.383 e. The van der Waals surface area contributed by atoms with Gasteiger partial charge in [0.2, 0.25) is 0 Å². The highest BCUT2D eigenvalue weighted by Gasteiger charge is 2.09. The highest BCUT2D eigenvalue weighted by Crippen LogP contribution is 2.13. The summed E-state index contributed by atoms with van der Waals surface area (Å²) in [6.45, 7) is 4.27. The summed E-state index contributed by atoms with van der Waals surface area (Å²) in [5.41, 5.74) is 6.15. The first-order chi connectivity index (χ1) is 7.11. The number of ketones is 1. The molecule has 0 bridgehead atoms. The van der Waals surface area contributed by atoms with Crippen LogP contribution in [0.3, 0.4) is 0 Å². The predicted octanol–water partition coefficient (Wildman–Crippen LogP) is 2.24. The molecule has 0 amide bonds. The molecule has 0 unspecified atom stereocenters. The fourth-order valence-electron chi connectivity index (χ4n) is 1.12. The Balaban J connectivity index is 2.51. The fraction of sp³-hybridized carbons (Fsp3) is 0.455. The van der Waals surface area contributed by atoms with Gasteiger partial charge in [0, 0.05) is 6.20 Å². The molecule has 4 heteroatoms. The van der Waals surface area contributed by atoms with Crippen molar-refractivity contribution < 1.29 is 4.79 Å². The standard InChI is InChI=1S/C11H16N2OS/c1-8(2)6-15-7-10(14)9-4-3-5-13-11(9)12/h3-5,8H,6-7H2,1-2H3,(H2,12,13). The van der Waals surface area contributed by atoms with Gasteiger partial charge in [-0.15, -0.1) is 0 Å². The second-order valence-corrected chi connectivity index (χ2v) is 4.80. The molecule has 0 aliphatic heterocycles. The van der Waals surface area contributed by atoms with E-state index in [2.05, 4.69) is 18.8 Å². The Labute approximate surface area is 94.5 Å². The number of carbonyl (C=O) groups is 1. The average molecular weight is 224 g/mol. The molecule has 0 aliphatic rings. The van der Waals surface area contributed by atoms with Crippen LogP contribution >= 0.6 is 11.8 Å². The Morgan fingerprint density at radius 1 is 1.60 bits per heavy atom. The van der Waals surface area contributed by atoms with E-state index in [1.807, 2.05) is 0 Å². The van der Waals surface area contributed by atoms with Crippen molar-refractivity contribution in [1.29, 1.82) is 0 Å². The van der Waals surface area contributed by atoms with E-state index in [4.69, 9.17) is 5.73 Å². The van der Waals surface area contributed by atoms with Gasteiger partial charge in [-0.05, 0) is 23.8 Å². The van der Waals surface area contributed by atoms with Crippen molar-refractivity contribution >= 4 is 23.4 Å². The van der Waals surface area contributed by atoms with Gasteiger partial charge >= 0.3 is 0 Å². The minimum absolute atomic E-state index is 0.0613. The van der Waals surface area contributed by atoms with E-state index in [-0.39, 0.29) is 5.78 Å². The molecule has 1 rings (SSSR count).